The summed E-state index contributed by atoms with van der Waals surface area (Å²) in [6, 6.07) is 7.53. The fourth-order valence-corrected chi connectivity index (χ4v) is 2.96. The van der Waals surface area contributed by atoms with E-state index in [1.807, 2.05) is 38.1 Å². The Morgan fingerprint density at radius 2 is 1.88 bits per heavy atom. The molecule has 1 aromatic rings. The fraction of sp³-hybridized carbons (Fsp3) is 0.455. The average Bonchev–Trinajstić information content (AvgIpc) is 2.17. The second-order valence-electron chi connectivity index (χ2n) is 3.76. The minimum absolute atomic E-state index is 0.0508. The summed E-state index contributed by atoms with van der Waals surface area (Å²) in [7, 11) is -3.27. The molecule has 0 fully saturated rings. The van der Waals surface area contributed by atoms with Crippen molar-refractivity contribution in [1.29, 1.82) is 0 Å². The van der Waals surface area contributed by atoms with Crippen LogP contribution in [0.1, 0.15) is 24.1 Å². The highest BCUT2D eigenvalue weighted by atomic mass is 35.5. The van der Waals surface area contributed by atoms with Crippen molar-refractivity contribution in [2.45, 2.75) is 19.9 Å². The Balaban J connectivity index is 2.72. The first kappa shape index (κ1) is 13.5. The van der Waals surface area contributed by atoms with Crippen molar-refractivity contribution in [2.75, 3.05) is 11.6 Å². The first-order chi connectivity index (χ1) is 7.44. The molecule has 1 unspecified atom stereocenters. The van der Waals surface area contributed by atoms with Gasteiger partial charge in [0.25, 0.3) is 0 Å². The number of alkyl halides is 1. The molecule has 0 bridgehead atoms. The quantitative estimate of drug-likeness (QED) is 0.826. The van der Waals surface area contributed by atoms with Gasteiger partial charge in [0.15, 0.2) is 0 Å². The molecule has 0 aliphatic heterocycles. The van der Waals surface area contributed by atoms with Crippen LogP contribution in [0.25, 0.3) is 0 Å². The van der Waals surface area contributed by atoms with Crippen LogP contribution in [-0.4, -0.2) is 20.1 Å². The molecule has 0 amide bonds. The van der Waals surface area contributed by atoms with Crippen LogP contribution in [0.15, 0.2) is 24.3 Å². The topological polar surface area (TPSA) is 46.2 Å². The molecule has 0 radical (unpaired) electrons. The Bertz CT molecular complexity index is 428. The number of halogens is 1. The van der Waals surface area contributed by atoms with E-state index in [4.69, 9.17) is 11.6 Å². The summed E-state index contributed by atoms with van der Waals surface area (Å²) in [6.45, 7) is 3.81. The van der Waals surface area contributed by atoms with Gasteiger partial charge >= 0.3 is 0 Å². The molecule has 5 heteroatoms. The zero-order chi connectivity index (χ0) is 12.2. The second-order valence-corrected chi connectivity index (χ2v) is 6.01. The predicted octanol–water partition coefficient (Wildman–Crippen LogP) is 2.21. The van der Waals surface area contributed by atoms with Crippen LogP contribution in [0.5, 0.6) is 0 Å². The molecule has 16 heavy (non-hydrogen) atoms. The van der Waals surface area contributed by atoms with Crippen molar-refractivity contribution in [3.63, 3.8) is 0 Å². The molecule has 0 aromatic heterocycles. The third-order valence-corrected chi connectivity index (χ3v) is 4.15. The number of benzene rings is 1. The molecule has 0 aliphatic rings. The fourth-order valence-electron chi connectivity index (χ4n) is 1.35. The minimum atomic E-state index is -3.27. The van der Waals surface area contributed by atoms with Gasteiger partial charge in [-0.05, 0) is 19.4 Å². The van der Waals surface area contributed by atoms with Crippen molar-refractivity contribution in [1.82, 2.24) is 4.72 Å². The first-order valence-electron chi connectivity index (χ1n) is 5.07. The highest BCUT2D eigenvalue weighted by Crippen LogP contribution is 2.14. The lowest BCUT2D eigenvalue weighted by Crippen LogP contribution is -2.29. The number of aryl methyl sites for hydroxylation is 1. The molecule has 0 aliphatic carbocycles. The molecule has 90 valence electrons. The maximum Gasteiger partial charge on any atom is 0.213 e. The second kappa shape index (κ2) is 5.66. The molecule has 0 heterocycles. The molecule has 0 spiro atoms. The lowest BCUT2D eigenvalue weighted by Gasteiger charge is -2.14. The zero-order valence-corrected chi connectivity index (χ0v) is 11.0. The minimum Gasteiger partial charge on any atom is -0.212 e. The zero-order valence-electron chi connectivity index (χ0n) is 9.40. The van der Waals surface area contributed by atoms with E-state index < -0.39 is 10.0 Å². The molecule has 0 saturated carbocycles. The van der Waals surface area contributed by atoms with E-state index >= 15 is 0 Å². The molecule has 1 N–H and O–H groups in total. The summed E-state index contributed by atoms with van der Waals surface area (Å²) in [5, 5.41) is 0. The monoisotopic (exact) mass is 261 g/mol. The van der Waals surface area contributed by atoms with E-state index in [0.717, 1.165) is 11.1 Å². The summed E-state index contributed by atoms with van der Waals surface area (Å²) in [5.41, 5.74) is 2.10. The van der Waals surface area contributed by atoms with Gasteiger partial charge in [-0.1, -0.05) is 29.8 Å². The molecule has 3 nitrogen and oxygen atoms in total. The van der Waals surface area contributed by atoms with Crippen LogP contribution in [0, 0.1) is 6.92 Å². The third kappa shape index (κ3) is 4.12. The van der Waals surface area contributed by atoms with Gasteiger partial charge in [-0.15, -0.1) is 11.6 Å². The highest BCUT2D eigenvalue weighted by Gasteiger charge is 2.14. The molecule has 1 aromatic carbocycles. The van der Waals surface area contributed by atoms with Crippen LogP contribution in [-0.2, 0) is 10.0 Å². The predicted molar refractivity (Wildman–Crippen MR) is 67.2 cm³/mol. The normalized spacial score (nSPS) is 13.7. The number of sulfonamides is 1. The SMILES string of the molecule is Cc1ccc(C(C)NS(=O)(=O)CCCl)cc1. The molecule has 1 rings (SSSR count). The maximum atomic E-state index is 11.5. The van der Waals surface area contributed by atoms with Gasteiger partial charge in [-0.3, -0.25) is 0 Å². The Morgan fingerprint density at radius 1 is 1.31 bits per heavy atom. The van der Waals surface area contributed by atoms with E-state index in [1.165, 1.54) is 0 Å². The Hall–Kier alpha value is -0.580. The Kier molecular flexibility index (Phi) is 4.77. The average molecular weight is 262 g/mol. The van der Waals surface area contributed by atoms with Crippen molar-refractivity contribution in [3.8, 4) is 0 Å². The van der Waals surface area contributed by atoms with Crippen molar-refractivity contribution < 1.29 is 8.42 Å². The smallest absolute Gasteiger partial charge is 0.212 e. The van der Waals surface area contributed by atoms with Crippen LogP contribution in [0.3, 0.4) is 0 Å². The highest BCUT2D eigenvalue weighted by molar-refractivity contribution is 7.89. The van der Waals surface area contributed by atoms with Crippen LogP contribution in [0.4, 0.5) is 0 Å². The lowest BCUT2D eigenvalue weighted by atomic mass is 10.1. The van der Waals surface area contributed by atoms with Crippen molar-refractivity contribution in [2.24, 2.45) is 0 Å². The Labute approximate surface area is 102 Å². The van der Waals surface area contributed by atoms with Gasteiger partial charge in [0.05, 0.1) is 5.75 Å². The molecular formula is C11H16ClNO2S. The van der Waals surface area contributed by atoms with E-state index in [1.54, 1.807) is 0 Å². The van der Waals surface area contributed by atoms with E-state index in [0.29, 0.717) is 0 Å². The van der Waals surface area contributed by atoms with Crippen molar-refractivity contribution >= 4 is 21.6 Å². The van der Waals surface area contributed by atoms with Gasteiger partial charge < -0.3 is 0 Å². The van der Waals surface area contributed by atoms with E-state index in [-0.39, 0.29) is 17.7 Å². The summed E-state index contributed by atoms with van der Waals surface area (Å²) in [4.78, 5) is 0. The van der Waals surface area contributed by atoms with E-state index in [9.17, 15) is 8.42 Å². The van der Waals surface area contributed by atoms with E-state index in [2.05, 4.69) is 4.72 Å². The third-order valence-electron chi connectivity index (χ3n) is 2.28. The van der Waals surface area contributed by atoms with Gasteiger partial charge in [-0.25, -0.2) is 13.1 Å². The largest absolute Gasteiger partial charge is 0.213 e. The van der Waals surface area contributed by atoms with Gasteiger partial charge in [0.2, 0.25) is 10.0 Å². The number of hydrogen-bond donors (Lipinski definition) is 1. The number of rotatable bonds is 5. The maximum absolute atomic E-state index is 11.5. The number of nitrogens with one attached hydrogen (secondary N) is 1. The Morgan fingerprint density at radius 3 is 2.38 bits per heavy atom. The molecule has 1 atom stereocenters. The van der Waals surface area contributed by atoms with Gasteiger partial charge in [-0.2, -0.15) is 0 Å². The summed E-state index contributed by atoms with van der Waals surface area (Å²) < 4.78 is 25.6. The standard InChI is InChI=1S/C11H16ClNO2S/c1-9-3-5-11(6-4-9)10(2)13-16(14,15)8-7-12/h3-6,10,13H,7-8H2,1-2H3. The van der Waals surface area contributed by atoms with Gasteiger partial charge in [0.1, 0.15) is 0 Å². The lowest BCUT2D eigenvalue weighted by molar-refractivity contribution is 0.568. The number of hydrogen-bond acceptors (Lipinski definition) is 2. The van der Waals surface area contributed by atoms with Crippen molar-refractivity contribution in [3.05, 3.63) is 35.4 Å². The first-order valence-corrected chi connectivity index (χ1v) is 7.26. The molecular weight excluding hydrogens is 246 g/mol. The van der Waals surface area contributed by atoms with Crippen LogP contribution >= 0.6 is 11.6 Å². The van der Waals surface area contributed by atoms with Crippen LogP contribution < -0.4 is 4.72 Å². The van der Waals surface area contributed by atoms with Crippen LogP contribution in [0.2, 0.25) is 0 Å². The molecule has 0 saturated heterocycles. The summed E-state index contributed by atoms with van der Waals surface area (Å²) >= 11 is 5.42. The van der Waals surface area contributed by atoms with Gasteiger partial charge in [0, 0.05) is 11.9 Å². The summed E-state index contributed by atoms with van der Waals surface area (Å²) in [6.07, 6.45) is 0. The summed E-state index contributed by atoms with van der Waals surface area (Å²) in [5.74, 6) is 0.0563.